The van der Waals surface area contributed by atoms with Gasteiger partial charge < -0.3 is 10.4 Å². The second kappa shape index (κ2) is 6.26. The molecule has 0 aromatic carbocycles. The molecule has 0 saturated heterocycles. The molecular formula is C12H26N2O. The quantitative estimate of drug-likeness (QED) is 0.626. The van der Waals surface area contributed by atoms with Crippen LogP contribution in [0.2, 0.25) is 0 Å². The lowest BCUT2D eigenvalue weighted by Crippen LogP contribution is -2.45. The number of rotatable bonds is 7. The van der Waals surface area contributed by atoms with Gasteiger partial charge in [0, 0.05) is 24.7 Å². The van der Waals surface area contributed by atoms with Gasteiger partial charge in [0.1, 0.15) is 0 Å². The normalized spacial score (nSPS) is 12.5. The zero-order valence-electron chi connectivity index (χ0n) is 10.8. The summed E-state index contributed by atoms with van der Waals surface area (Å²) < 4.78 is 0. The van der Waals surface area contributed by atoms with Crippen LogP contribution in [-0.4, -0.2) is 48.3 Å². The van der Waals surface area contributed by atoms with Gasteiger partial charge in [0.25, 0.3) is 0 Å². The maximum Gasteiger partial charge on any atom is 0.0610 e. The molecule has 0 rings (SSSR count). The third-order valence-electron chi connectivity index (χ3n) is 2.64. The van der Waals surface area contributed by atoms with Crippen LogP contribution in [-0.2, 0) is 0 Å². The fraction of sp³-hybridized carbons (Fsp3) is 0.833. The van der Waals surface area contributed by atoms with Crippen molar-refractivity contribution in [2.75, 3.05) is 26.7 Å². The van der Waals surface area contributed by atoms with E-state index < -0.39 is 0 Å². The molecule has 2 N–H and O–H groups in total. The van der Waals surface area contributed by atoms with E-state index in [2.05, 4.69) is 30.6 Å². The topological polar surface area (TPSA) is 35.5 Å². The highest BCUT2D eigenvalue weighted by molar-refractivity contribution is 5.01. The fourth-order valence-electron chi connectivity index (χ4n) is 1.07. The summed E-state index contributed by atoms with van der Waals surface area (Å²) in [6.45, 7) is 14.1. The van der Waals surface area contributed by atoms with Crippen molar-refractivity contribution in [3.63, 3.8) is 0 Å². The lowest BCUT2D eigenvalue weighted by molar-refractivity contribution is 0.0862. The lowest BCUT2D eigenvalue weighted by atomic mass is 10.0. The Hall–Kier alpha value is -0.380. The Bertz CT molecular complexity index is 200. The summed E-state index contributed by atoms with van der Waals surface area (Å²) in [6.07, 6.45) is 0. The SMILES string of the molecule is C=C(CNC(C)C)CN(C)C(C)(C)CO. The number of aliphatic hydroxyl groups is 1. The van der Waals surface area contributed by atoms with Crippen molar-refractivity contribution in [1.29, 1.82) is 0 Å². The summed E-state index contributed by atoms with van der Waals surface area (Å²) in [7, 11) is 2.01. The van der Waals surface area contributed by atoms with E-state index in [9.17, 15) is 5.11 Å². The molecule has 0 aliphatic heterocycles. The van der Waals surface area contributed by atoms with Gasteiger partial charge >= 0.3 is 0 Å². The van der Waals surface area contributed by atoms with E-state index in [-0.39, 0.29) is 12.1 Å². The molecule has 3 heteroatoms. The lowest BCUT2D eigenvalue weighted by Gasteiger charge is -2.34. The number of nitrogens with zero attached hydrogens (tertiary/aromatic N) is 1. The molecule has 0 radical (unpaired) electrons. The fourth-order valence-corrected chi connectivity index (χ4v) is 1.07. The first-order valence-corrected chi connectivity index (χ1v) is 5.51. The van der Waals surface area contributed by atoms with Crippen molar-refractivity contribution in [3.05, 3.63) is 12.2 Å². The van der Waals surface area contributed by atoms with Crippen LogP contribution in [0.3, 0.4) is 0 Å². The van der Waals surface area contributed by atoms with Gasteiger partial charge in [-0.3, -0.25) is 4.90 Å². The van der Waals surface area contributed by atoms with Crippen LogP contribution >= 0.6 is 0 Å². The summed E-state index contributed by atoms with van der Waals surface area (Å²) >= 11 is 0. The Labute approximate surface area is 94.2 Å². The molecule has 0 bridgehead atoms. The van der Waals surface area contributed by atoms with Gasteiger partial charge in [0.15, 0.2) is 0 Å². The van der Waals surface area contributed by atoms with E-state index in [1.54, 1.807) is 0 Å². The average molecular weight is 214 g/mol. The van der Waals surface area contributed by atoms with Crippen LogP contribution in [0.15, 0.2) is 12.2 Å². The summed E-state index contributed by atoms with van der Waals surface area (Å²) in [4.78, 5) is 2.12. The van der Waals surface area contributed by atoms with Crippen molar-refractivity contribution in [1.82, 2.24) is 10.2 Å². The number of hydrogen-bond donors (Lipinski definition) is 2. The molecule has 0 atom stereocenters. The maximum absolute atomic E-state index is 9.21. The highest BCUT2D eigenvalue weighted by atomic mass is 16.3. The van der Waals surface area contributed by atoms with Gasteiger partial charge in [-0.15, -0.1) is 0 Å². The summed E-state index contributed by atoms with van der Waals surface area (Å²) in [5.41, 5.74) is 0.966. The third-order valence-corrected chi connectivity index (χ3v) is 2.64. The molecule has 0 heterocycles. The molecule has 0 aromatic heterocycles. The van der Waals surface area contributed by atoms with Crippen LogP contribution < -0.4 is 5.32 Å². The van der Waals surface area contributed by atoms with E-state index in [1.165, 1.54) is 0 Å². The van der Waals surface area contributed by atoms with E-state index in [0.29, 0.717) is 6.04 Å². The Morgan fingerprint density at radius 3 is 2.40 bits per heavy atom. The Morgan fingerprint density at radius 1 is 1.47 bits per heavy atom. The molecule has 0 unspecified atom stereocenters. The van der Waals surface area contributed by atoms with Gasteiger partial charge in [-0.25, -0.2) is 0 Å². The molecule has 3 nitrogen and oxygen atoms in total. The second-order valence-corrected chi connectivity index (χ2v) is 5.11. The minimum absolute atomic E-state index is 0.161. The zero-order valence-corrected chi connectivity index (χ0v) is 10.8. The van der Waals surface area contributed by atoms with Gasteiger partial charge in [-0.2, -0.15) is 0 Å². The highest BCUT2D eigenvalue weighted by Gasteiger charge is 2.22. The van der Waals surface area contributed by atoms with E-state index in [0.717, 1.165) is 18.7 Å². The Balaban J connectivity index is 3.96. The molecule has 0 amide bonds. The molecular weight excluding hydrogens is 188 g/mol. The molecule has 0 fully saturated rings. The second-order valence-electron chi connectivity index (χ2n) is 5.11. The third kappa shape index (κ3) is 5.92. The Kier molecular flexibility index (Phi) is 6.10. The first-order chi connectivity index (χ1) is 6.79. The molecule has 0 aliphatic rings. The summed E-state index contributed by atoms with van der Waals surface area (Å²) in [6, 6.07) is 0.484. The van der Waals surface area contributed by atoms with Gasteiger partial charge in [-0.1, -0.05) is 20.4 Å². The standard InChI is InChI=1S/C12H26N2O/c1-10(2)13-7-11(3)8-14(6)12(4,5)9-15/h10,13,15H,3,7-9H2,1-2,4-6H3. The smallest absolute Gasteiger partial charge is 0.0610 e. The number of aliphatic hydroxyl groups excluding tert-OH is 1. The van der Waals surface area contributed by atoms with Crippen molar-refractivity contribution in [3.8, 4) is 0 Å². The van der Waals surface area contributed by atoms with Crippen LogP contribution in [0.1, 0.15) is 27.7 Å². The van der Waals surface area contributed by atoms with Gasteiger partial charge in [0.05, 0.1) is 6.61 Å². The predicted octanol–water partition coefficient (Wildman–Crippen LogP) is 1.24. The first-order valence-electron chi connectivity index (χ1n) is 5.51. The number of hydrogen-bond acceptors (Lipinski definition) is 3. The van der Waals surface area contributed by atoms with E-state index in [1.807, 2.05) is 20.9 Å². The minimum atomic E-state index is -0.180. The van der Waals surface area contributed by atoms with Gasteiger partial charge in [0.2, 0.25) is 0 Å². The van der Waals surface area contributed by atoms with Crippen LogP contribution in [0, 0.1) is 0 Å². The summed E-state index contributed by atoms with van der Waals surface area (Å²) in [5, 5.41) is 12.5. The molecule has 0 spiro atoms. The van der Waals surface area contributed by atoms with Crippen molar-refractivity contribution < 1.29 is 5.11 Å². The minimum Gasteiger partial charge on any atom is -0.394 e. The van der Waals surface area contributed by atoms with Crippen LogP contribution in [0.4, 0.5) is 0 Å². The molecule has 90 valence electrons. The molecule has 15 heavy (non-hydrogen) atoms. The molecule has 0 aliphatic carbocycles. The van der Waals surface area contributed by atoms with Crippen molar-refractivity contribution in [2.24, 2.45) is 0 Å². The summed E-state index contributed by atoms with van der Waals surface area (Å²) in [5.74, 6) is 0. The average Bonchev–Trinajstić information content (AvgIpc) is 2.14. The van der Waals surface area contributed by atoms with Crippen LogP contribution in [0.25, 0.3) is 0 Å². The highest BCUT2D eigenvalue weighted by Crippen LogP contribution is 2.12. The zero-order chi connectivity index (χ0) is 12.1. The van der Waals surface area contributed by atoms with Gasteiger partial charge in [-0.05, 0) is 26.5 Å². The first kappa shape index (κ1) is 14.6. The Morgan fingerprint density at radius 2 is 2.00 bits per heavy atom. The van der Waals surface area contributed by atoms with Crippen molar-refractivity contribution >= 4 is 0 Å². The van der Waals surface area contributed by atoms with Crippen LogP contribution in [0.5, 0.6) is 0 Å². The van der Waals surface area contributed by atoms with E-state index >= 15 is 0 Å². The molecule has 0 aromatic rings. The predicted molar refractivity (Wildman–Crippen MR) is 66.1 cm³/mol. The maximum atomic E-state index is 9.21. The largest absolute Gasteiger partial charge is 0.394 e. The van der Waals surface area contributed by atoms with E-state index in [4.69, 9.17) is 0 Å². The number of likely N-dealkylation sites (N-methyl/N-ethyl adjacent to an activating group) is 1. The number of nitrogens with one attached hydrogen (secondary N) is 1. The van der Waals surface area contributed by atoms with Crippen molar-refractivity contribution in [2.45, 2.75) is 39.3 Å². The monoisotopic (exact) mass is 214 g/mol. The molecule has 0 saturated carbocycles.